The van der Waals surface area contributed by atoms with Crippen LogP contribution in [0.15, 0.2) is 38.8 Å². The van der Waals surface area contributed by atoms with Crippen LogP contribution in [0.5, 0.6) is 5.75 Å². The first-order valence-electron chi connectivity index (χ1n) is 13.1. The molecule has 0 bridgehead atoms. The van der Waals surface area contributed by atoms with E-state index in [-0.39, 0.29) is 11.5 Å². The number of benzene rings is 1. The Morgan fingerprint density at radius 1 is 1.05 bits per heavy atom. The van der Waals surface area contributed by atoms with Gasteiger partial charge in [0.05, 0.1) is 13.2 Å². The van der Waals surface area contributed by atoms with Gasteiger partial charge in [-0.3, -0.25) is 14.2 Å². The summed E-state index contributed by atoms with van der Waals surface area (Å²) in [6.07, 6.45) is 6.79. The molecule has 0 fully saturated rings. The normalized spacial score (nSPS) is 11.5. The Morgan fingerprint density at radius 2 is 1.76 bits per heavy atom. The Kier molecular flexibility index (Phi) is 12.9. The van der Waals surface area contributed by atoms with Crippen molar-refractivity contribution in [3.05, 3.63) is 50.8 Å². The molecule has 206 valence electrons. The molecule has 0 atom stereocenters. The first-order chi connectivity index (χ1) is 17.7. The predicted molar refractivity (Wildman–Crippen MR) is 148 cm³/mol. The number of unbranched alkanes of at least 4 members (excludes halogenated alkanes) is 4. The molecule has 1 aromatic carbocycles. The van der Waals surface area contributed by atoms with E-state index in [0.717, 1.165) is 66.8 Å². The van der Waals surface area contributed by atoms with E-state index < -0.39 is 10.4 Å². The van der Waals surface area contributed by atoms with Gasteiger partial charge in [0.1, 0.15) is 16.2 Å². The molecule has 0 spiro atoms. The lowest BCUT2D eigenvalue weighted by Gasteiger charge is -2.21. The molecule has 0 aliphatic carbocycles. The summed E-state index contributed by atoms with van der Waals surface area (Å²) in [7, 11) is 3.06. The third-order valence-electron chi connectivity index (χ3n) is 5.87. The highest BCUT2D eigenvalue weighted by Gasteiger charge is 2.30. The molecule has 10 heteroatoms. The average Bonchev–Trinajstić information content (AvgIpc) is 2.86. The maximum atomic E-state index is 12.1. The molecule has 2 aromatic rings. The van der Waals surface area contributed by atoms with Crippen molar-refractivity contribution < 1.29 is 14.3 Å². The zero-order chi connectivity index (χ0) is 27.3. The third-order valence-corrected chi connectivity index (χ3v) is 7.03. The van der Waals surface area contributed by atoms with Gasteiger partial charge >= 0.3 is 11.7 Å². The number of aromatic nitrogens is 3. The summed E-state index contributed by atoms with van der Waals surface area (Å²) in [6.45, 7) is 8.41. The second kappa shape index (κ2) is 15.6. The molecule has 1 N–H and O–H groups in total. The largest absolute Gasteiger partial charge is 0.494 e. The minimum atomic E-state index is -0.655. The van der Waals surface area contributed by atoms with Crippen LogP contribution in [0.2, 0.25) is 0 Å². The number of ether oxygens (including phenoxy) is 2. The van der Waals surface area contributed by atoms with Crippen LogP contribution in [0, 0.1) is 0 Å². The molecule has 0 aliphatic heterocycles. The van der Waals surface area contributed by atoms with Gasteiger partial charge in [-0.1, -0.05) is 25.3 Å². The van der Waals surface area contributed by atoms with E-state index in [9.17, 15) is 14.4 Å². The number of hydrogen-bond donors (Lipinski definition) is 1. The molecule has 0 aliphatic rings. The average molecular weight is 535 g/mol. The number of carbonyl (C=O) groups is 1. The molecular weight excluding hydrogens is 492 g/mol. The molecule has 1 heterocycles. The number of rotatable bonds is 17. The second-order valence-electron chi connectivity index (χ2n) is 9.49. The van der Waals surface area contributed by atoms with E-state index in [1.54, 1.807) is 7.05 Å². The lowest BCUT2D eigenvalue weighted by molar-refractivity contribution is -0.145. The number of aryl methyl sites for hydroxylation is 2. The monoisotopic (exact) mass is 534 g/mol. The molecule has 2 rings (SSSR count). The van der Waals surface area contributed by atoms with Crippen LogP contribution in [0.25, 0.3) is 0 Å². The van der Waals surface area contributed by atoms with Crippen LogP contribution in [0.4, 0.5) is 0 Å². The fourth-order valence-corrected chi connectivity index (χ4v) is 4.83. The number of carbonyl (C=O) groups excluding carboxylic acids is 1. The fourth-order valence-electron chi connectivity index (χ4n) is 3.77. The number of thioether (sulfide) groups is 1. The minimum absolute atomic E-state index is 0.219. The summed E-state index contributed by atoms with van der Waals surface area (Å²) < 4.78 is 12.7. The van der Waals surface area contributed by atoms with Crippen LogP contribution < -0.4 is 21.3 Å². The van der Waals surface area contributed by atoms with Gasteiger partial charge in [-0.05, 0) is 77.7 Å². The van der Waals surface area contributed by atoms with Gasteiger partial charge in [-0.2, -0.15) is 5.10 Å². The van der Waals surface area contributed by atoms with E-state index in [1.165, 1.54) is 23.5 Å². The van der Waals surface area contributed by atoms with E-state index in [0.29, 0.717) is 25.3 Å². The molecule has 37 heavy (non-hydrogen) atoms. The van der Waals surface area contributed by atoms with Gasteiger partial charge < -0.3 is 14.8 Å². The quantitative estimate of drug-likeness (QED) is 0.187. The van der Waals surface area contributed by atoms with Gasteiger partial charge in [0.25, 0.3) is 5.56 Å². The van der Waals surface area contributed by atoms with E-state index in [4.69, 9.17) is 9.47 Å². The highest BCUT2D eigenvalue weighted by molar-refractivity contribution is 8.01. The van der Waals surface area contributed by atoms with Crippen molar-refractivity contribution in [3.8, 4) is 5.75 Å². The highest BCUT2D eigenvalue weighted by Crippen LogP contribution is 2.35. The molecular formula is C27H42N4O5S. The van der Waals surface area contributed by atoms with Gasteiger partial charge in [0, 0.05) is 19.0 Å². The van der Waals surface area contributed by atoms with Crippen molar-refractivity contribution in [2.24, 2.45) is 14.1 Å². The maximum absolute atomic E-state index is 12.1. The zero-order valence-corrected chi connectivity index (χ0v) is 23.7. The smallest absolute Gasteiger partial charge is 0.346 e. The lowest BCUT2D eigenvalue weighted by atomic mass is 10.1. The Labute approximate surface area is 223 Å². The van der Waals surface area contributed by atoms with Crippen molar-refractivity contribution in [2.75, 3.05) is 26.3 Å². The molecule has 0 radical (unpaired) electrons. The molecule has 1 aromatic heterocycles. The van der Waals surface area contributed by atoms with Crippen molar-refractivity contribution in [2.45, 2.75) is 75.4 Å². The van der Waals surface area contributed by atoms with Gasteiger partial charge in [0.2, 0.25) is 0 Å². The standard InChI is InChI=1S/C27H42N4O5S/c1-6-35-25(33)27(2,3)37-22-15-12-14-21(20-22)36-19-13-18-28-17-11-9-7-8-10-16-23-24(32)30(4)26(34)31(5)29-23/h12,14-15,20,28H,6-11,13,16-19H2,1-5H3. The highest BCUT2D eigenvalue weighted by atomic mass is 32.2. The predicted octanol–water partition coefficient (Wildman–Crippen LogP) is 3.46. The molecule has 9 nitrogen and oxygen atoms in total. The zero-order valence-electron chi connectivity index (χ0n) is 22.9. The summed E-state index contributed by atoms with van der Waals surface area (Å²) >= 11 is 1.47. The third kappa shape index (κ3) is 10.4. The Balaban J connectivity index is 1.53. The van der Waals surface area contributed by atoms with Gasteiger partial charge in [0.15, 0.2) is 0 Å². The summed E-state index contributed by atoms with van der Waals surface area (Å²) in [4.78, 5) is 36.9. The Bertz CT molecular complexity index is 1110. The first kappa shape index (κ1) is 30.6. The lowest BCUT2D eigenvalue weighted by Crippen LogP contribution is -2.40. The number of nitrogens with one attached hydrogen (secondary N) is 1. The van der Waals surface area contributed by atoms with Crippen LogP contribution in [-0.4, -0.2) is 51.4 Å². The van der Waals surface area contributed by atoms with Crippen LogP contribution in [-0.2, 0) is 30.0 Å². The topological polar surface area (TPSA) is 104 Å². The SMILES string of the molecule is CCOC(=O)C(C)(C)Sc1cccc(OCCCNCCCCCCCc2nn(C)c(=O)n(C)c2=O)c1. The Morgan fingerprint density at radius 3 is 2.51 bits per heavy atom. The minimum Gasteiger partial charge on any atom is -0.494 e. The number of esters is 1. The molecule has 0 unspecified atom stereocenters. The summed E-state index contributed by atoms with van der Waals surface area (Å²) in [5, 5.41) is 7.56. The van der Waals surface area contributed by atoms with E-state index in [1.807, 2.05) is 45.0 Å². The number of hydrogen-bond acceptors (Lipinski definition) is 8. The van der Waals surface area contributed by atoms with Gasteiger partial charge in [-0.25, -0.2) is 9.48 Å². The second-order valence-corrected chi connectivity index (χ2v) is 11.2. The van der Waals surface area contributed by atoms with E-state index >= 15 is 0 Å². The molecule has 0 saturated heterocycles. The first-order valence-corrected chi connectivity index (χ1v) is 13.9. The number of nitrogens with zero attached hydrogens (tertiary/aromatic N) is 3. The Hall–Kier alpha value is -2.59. The summed E-state index contributed by atoms with van der Waals surface area (Å²) in [6, 6.07) is 7.81. The van der Waals surface area contributed by atoms with Crippen LogP contribution in [0.1, 0.15) is 65.0 Å². The maximum Gasteiger partial charge on any atom is 0.346 e. The molecule has 0 amide bonds. The van der Waals surface area contributed by atoms with Crippen molar-refractivity contribution in [3.63, 3.8) is 0 Å². The van der Waals surface area contributed by atoms with E-state index in [2.05, 4.69) is 10.4 Å². The van der Waals surface area contributed by atoms with Crippen molar-refractivity contribution >= 4 is 17.7 Å². The van der Waals surface area contributed by atoms with Crippen LogP contribution in [0.3, 0.4) is 0 Å². The van der Waals surface area contributed by atoms with Crippen molar-refractivity contribution in [1.82, 2.24) is 19.7 Å². The van der Waals surface area contributed by atoms with Crippen LogP contribution >= 0.6 is 11.8 Å². The fraction of sp³-hybridized carbons (Fsp3) is 0.630. The summed E-state index contributed by atoms with van der Waals surface area (Å²) in [5.74, 6) is 0.582. The molecule has 0 saturated carbocycles. The summed E-state index contributed by atoms with van der Waals surface area (Å²) in [5.41, 5.74) is -0.228. The van der Waals surface area contributed by atoms with Gasteiger partial charge in [-0.15, -0.1) is 11.8 Å². The van der Waals surface area contributed by atoms with Crippen molar-refractivity contribution in [1.29, 1.82) is 0 Å².